The van der Waals surface area contributed by atoms with E-state index in [-0.39, 0.29) is 17.6 Å². The molecule has 0 bridgehead atoms. The first-order chi connectivity index (χ1) is 12.7. The van der Waals surface area contributed by atoms with Crippen molar-refractivity contribution in [3.63, 3.8) is 0 Å². The van der Waals surface area contributed by atoms with E-state index in [4.69, 9.17) is 20.8 Å². The molecule has 0 spiro atoms. The van der Waals surface area contributed by atoms with Crippen molar-refractivity contribution in [2.24, 2.45) is 0 Å². The maximum absolute atomic E-state index is 12.0. The lowest BCUT2D eigenvalue weighted by molar-refractivity contribution is -0.118. The van der Waals surface area contributed by atoms with Crippen molar-refractivity contribution < 1.29 is 13.9 Å². The van der Waals surface area contributed by atoms with Crippen LogP contribution in [0.25, 0.3) is 11.5 Å². The number of methoxy groups -OCH3 is 1. The summed E-state index contributed by atoms with van der Waals surface area (Å²) in [5.74, 6) is 0.937. The number of nitrogens with zero attached hydrogens (tertiary/aromatic N) is 2. The van der Waals surface area contributed by atoms with Crippen LogP contribution in [-0.2, 0) is 11.3 Å². The van der Waals surface area contributed by atoms with Gasteiger partial charge in [0.1, 0.15) is 5.75 Å². The smallest absolute Gasteiger partial charge is 0.277 e. The van der Waals surface area contributed by atoms with E-state index in [9.17, 15) is 4.79 Å². The molecule has 0 saturated carbocycles. The van der Waals surface area contributed by atoms with E-state index in [0.717, 1.165) is 5.56 Å². The Labute approximate surface area is 159 Å². The summed E-state index contributed by atoms with van der Waals surface area (Å²) in [6, 6.07) is 14.8. The summed E-state index contributed by atoms with van der Waals surface area (Å²) in [7, 11) is 1.55. The van der Waals surface area contributed by atoms with Gasteiger partial charge in [-0.1, -0.05) is 53.7 Å². The minimum atomic E-state index is -0.112. The number of halogens is 1. The van der Waals surface area contributed by atoms with Gasteiger partial charge in [-0.25, -0.2) is 0 Å². The van der Waals surface area contributed by atoms with Gasteiger partial charge in [0.25, 0.3) is 11.1 Å². The number of thioether (sulfide) groups is 1. The van der Waals surface area contributed by atoms with Crippen molar-refractivity contribution in [3.05, 3.63) is 59.1 Å². The second kappa shape index (κ2) is 8.73. The highest BCUT2D eigenvalue weighted by atomic mass is 35.5. The second-order valence-corrected chi connectivity index (χ2v) is 6.63. The maximum Gasteiger partial charge on any atom is 0.277 e. The summed E-state index contributed by atoms with van der Waals surface area (Å²) in [6.45, 7) is 0.481. The average Bonchev–Trinajstić information content (AvgIpc) is 3.14. The predicted octanol–water partition coefficient (Wildman–Crippen LogP) is 3.81. The molecular formula is C18H16ClN3O3S. The van der Waals surface area contributed by atoms with Crippen LogP contribution in [-0.4, -0.2) is 29.0 Å². The molecule has 8 heteroatoms. The Balaban J connectivity index is 1.57. The number of aromatic nitrogens is 2. The predicted molar refractivity (Wildman–Crippen MR) is 100 cm³/mol. The molecule has 1 amide bonds. The third kappa shape index (κ3) is 4.77. The first-order valence-corrected chi connectivity index (χ1v) is 9.13. The zero-order valence-electron chi connectivity index (χ0n) is 13.9. The van der Waals surface area contributed by atoms with Gasteiger partial charge in [-0.05, 0) is 23.8 Å². The fraction of sp³-hybridized carbons (Fsp3) is 0.167. The van der Waals surface area contributed by atoms with Gasteiger partial charge in [-0.15, -0.1) is 10.2 Å². The normalized spacial score (nSPS) is 10.5. The Bertz CT molecular complexity index is 886. The summed E-state index contributed by atoms with van der Waals surface area (Å²) >= 11 is 7.19. The number of amides is 1. The molecule has 0 fully saturated rings. The first kappa shape index (κ1) is 18.3. The highest BCUT2D eigenvalue weighted by Gasteiger charge is 2.15. The van der Waals surface area contributed by atoms with Crippen LogP contribution in [0.5, 0.6) is 5.75 Å². The van der Waals surface area contributed by atoms with Gasteiger partial charge in [0, 0.05) is 11.6 Å². The molecule has 0 aliphatic rings. The molecule has 0 saturated heterocycles. The number of carbonyl (C=O) groups excluding carboxylic acids is 1. The van der Waals surface area contributed by atoms with Crippen LogP contribution < -0.4 is 10.1 Å². The Morgan fingerprint density at radius 2 is 2.04 bits per heavy atom. The highest BCUT2D eigenvalue weighted by Crippen LogP contribution is 2.32. The van der Waals surface area contributed by atoms with Crippen molar-refractivity contribution in [2.45, 2.75) is 11.8 Å². The molecule has 1 aromatic heterocycles. The molecule has 6 nitrogen and oxygen atoms in total. The van der Waals surface area contributed by atoms with Crippen molar-refractivity contribution in [1.82, 2.24) is 15.5 Å². The lowest BCUT2D eigenvalue weighted by Gasteiger charge is -2.05. The molecule has 1 N–H and O–H groups in total. The molecule has 0 radical (unpaired) electrons. The van der Waals surface area contributed by atoms with Crippen LogP contribution in [0.1, 0.15) is 5.56 Å². The van der Waals surface area contributed by atoms with Crippen LogP contribution in [0.4, 0.5) is 0 Å². The van der Waals surface area contributed by atoms with Gasteiger partial charge in [-0.2, -0.15) is 0 Å². The van der Waals surface area contributed by atoms with E-state index < -0.39 is 0 Å². The third-order valence-corrected chi connectivity index (χ3v) is 4.51. The summed E-state index contributed by atoms with van der Waals surface area (Å²) in [6.07, 6.45) is 0. The fourth-order valence-electron chi connectivity index (χ4n) is 2.20. The first-order valence-electron chi connectivity index (χ1n) is 7.76. The molecule has 3 aromatic rings. The second-order valence-electron chi connectivity index (χ2n) is 5.27. The zero-order valence-corrected chi connectivity index (χ0v) is 15.5. The number of hydrogen-bond acceptors (Lipinski definition) is 6. The van der Waals surface area contributed by atoms with Crippen molar-refractivity contribution in [1.29, 1.82) is 0 Å². The van der Waals surface area contributed by atoms with E-state index in [1.807, 2.05) is 30.3 Å². The number of nitrogens with one attached hydrogen (secondary N) is 1. The topological polar surface area (TPSA) is 77.2 Å². The lowest BCUT2D eigenvalue weighted by Crippen LogP contribution is -2.24. The molecule has 3 rings (SSSR count). The molecule has 26 heavy (non-hydrogen) atoms. The Hall–Kier alpha value is -2.51. The van der Waals surface area contributed by atoms with Gasteiger partial charge >= 0.3 is 0 Å². The number of rotatable bonds is 7. The SMILES string of the molecule is COc1ccc(Cl)cc1-c1nnc(SCC(=O)NCc2ccccc2)o1. The number of ether oxygens (including phenoxy) is 1. The van der Waals surface area contributed by atoms with Crippen LogP contribution in [0.3, 0.4) is 0 Å². The molecule has 2 aromatic carbocycles. The number of carbonyl (C=O) groups is 1. The van der Waals surface area contributed by atoms with Crippen molar-refractivity contribution >= 4 is 29.3 Å². The standard InChI is InChI=1S/C18H16ClN3O3S/c1-24-15-8-7-13(19)9-14(15)17-21-22-18(25-17)26-11-16(23)20-10-12-5-3-2-4-6-12/h2-9H,10-11H2,1H3,(H,20,23). The molecule has 1 heterocycles. The largest absolute Gasteiger partial charge is 0.496 e. The average molecular weight is 390 g/mol. The van der Waals surface area contributed by atoms with Crippen LogP contribution in [0.15, 0.2) is 58.2 Å². The van der Waals surface area contributed by atoms with Crippen LogP contribution >= 0.6 is 23.4 Å². The zero-order chi connectivity index (χ0) is 18.4. The molecule has 0 unspecified atom stereocenters. The molecular weight excluding hydrogens is 374 g/mol. The maximum atomic E-state index is 12.0. The Morgan fingerprint density at radius 1 is 1.23 bits per heavy atom. The van der Waals surface area contributed by atoms with Gasteiger partial charge in [-0.3, -0.25) is 4.79 Å². The van der Waals surface area contributed by atoms with Gasteiger partial charge < -0.3 is 14.5 Å². The summed E-state index contributed by atoms with van der Waals surface area (Å²) in [5, 5.41) is 11.6. The van der Waals surface area contributed by atoms with E-state index in [0.29, 0.717) is 28.1 Å². The van der Waals surface area contributed by atoms with E-state index in [2.05, 4.69) is 15.5 Å². The Kier molecular flexibility index (Phi) is 6.14. The monoisotopic (exact) mass is 389 g/mol. The minimum absolute atomic E-state index is 0.112. The summed E-state index contributed by atoms with van der Waals surface area (Å²) < 4.78 is 10.9. The van der Waals surface area contributed by atoms with Crippen molar-refractivity contribution in [2.75, 3.05) is 12.9 Å². The fourth-order valence-corrected chi connectivity index (χ4v) is 2.96. The third-order valence-electron chi connectivity index (χ3n) is 3.46. The number of benzene rings is 2. The Morgan fingerprint density at radius 3 is 2.81 bits per heavy atom. The number of hydrogen-bond donors (Lipinski definition) is 1. The quantitative estimate of drug-likeness (QED) is 0.619. The van der Waals surface area contributed by atoms with E-state index in [1.165, 1.54) is 11.8 Å². The molecule has 134 valence electrons. The van der Waals surface area contributed by atoms with Crippen LogP contribution in [0, 0.1) is 0 Å². The van der Waals surface area contributed by atoms with Gasteiger partial charge in [0.15, 0.2) is 0 Å². The summed E-state index contributed by atoms with van der Waals surface area (Å²) in [4.78, 5) is 12.0. The van der Waals surface area contributed by atoms with Gasteiger partial charge in [0.05, 0.1) is 18.4 Å². The van der Waals surface area contributed by atoms with E-state index >= 15 is 0 Å². The molecule has 0 atom stereocenters. The van der Waals surface area contributed by atoms with Crippen LogP contribution in [0.2, 0.25) is 5.02 Å². The minimum Gasteiger partial charge on any atom is -0.496 e. The highest BCUT2D eigenvalue weighted by molar-refractivity contribution is 7.99. The lowest BCUT2D eigenvalue weighted by atomic mass is 10.2. The summed E-state index contributed by atoms with van der Waals surface area (Å²) in [5.41, 5.74) is 1.65. The van der Waals surface area contributed by atoms with E-state index in [1.54, 1.807) is 25.3 Å². The van der Waals surface area contributed by atoms with Crippen molar-refractivity contribution in [3.8, 4) is 17.2 Å². The van der Waals surface area contributed by atoms with Gasteiger partial charge in [0.2, 0.25) is 5.91 Å². The molecule has 0 aliphatic carbocycles. The molecule has 0 aliphatic heterocycles.